The normalized spacial score (nSPS) is 12.4. The highest BCUT2D eigenvalue weighted by Crippen LogP contribution is 2.26. The van der Waals surface area contributed by atoms with Crippen LogP contribution < -0.4 is 10.1 Å². The van der Waals surface area contributed by atoms with Gasteiger partial charge in [-0.25, -0.2) is 4.98 Å². The minimum absolute atomic E-state index is 0.169. The molecule has 96 valence electrons. The molecule has 18 heavy (non-hydrogen) atoms. The molecule has 1 unspecified atom stereocenters. The first-order valence-electron chi connectivity index (χ1n) is 6.04. The van der Waals surface area contributed by atoms with E-state index in [0.29, 0.717) is 6.42 Å². The van der Waals surface area contributed by atoms with Gasteiger partial charge in [-0.1, -0.05) is 6.07 Å². The van der Waals surface area contributed by atoms with E-state index < -0.39 is 0 Å². The first kappa shape index (κ1) is 12.6. The fourth-order valence-corrected chi connectivity index (χ4v) is 1.89. The highest BCUT2D eigenvalue weighted by molar-refractivity contribution is 5.92. The van der Waals surface area contributed by atoms with Gasteiger partial charge in [0.25, 0.3) is 0 Å². The maximum absolute atomic E-state index is 8.93. The second-order valence-electron chi connectivity index (χ2n) is 4.30. The van der Waals surface area contributed by atoms with Crippen LogP contribution in [-0.4, -0.2) is 29.8 Å². The predicted molar refractivity (Wildman–Crippen MR) is 73.1 cm³/mol. The molecule has 2 aromatic rings. The number of aliphatic hydroxyl groups is 1. The summed E-state index contributed by atoms with van der Waals surface area (Å²) in [4.78, 5) is 4.36. The number of rotatable bonds is 5. The third-order valence-electron chi connectivity index (χ3n) is 2.92. The van der Waals surface area contributed by atoms with Gasteiger partial charge in [0.15, 0.2) is 0 Å². The molecule has 1 atom stereocenters. The summed E-state index contributed by atoms with van der Waals surface area (Å²) in [6.45, 7) is 2.19. The molecular formula is C14H18N2O2. The number of nitrogens with one attached hydrogen (secondary N) is 1. The molecule has 1 aromatic carbocycles. The van der Waals surface area contributed by atoms with E-state index in [-0.39, 0.29) is 12.6 Å². The van der Waals surface area contributed by atoms with Gasteiger partial charge in [-0.05, 0) is 36.9 Å². The number of nitrogens with zero attached hydrogens (tertiary/aromatic N) is 1. The number of aromatic nitrogens is 1. The molecule has 1 heterocycles. The van der Waals surface area contributed by atoms with Gasteiger partial charge in [-0.15, -0.1) is 0 Å². The highest BCUT2D eigenvalue weighted by atomic mass is 16.5. The van der Waals surface area contributed by atoms with Crippen molar-refractivity contribution in [1.82, 2.24) is 4.98 Å². The summed E-state index contributed by atoms with van der Waals surface area (Å²) in [5, 5.41) is 14.4. The zero-order chi connectivity index (χ0) is 13.0. The molecule has 0 fully saturated rings. The van der Waals surface area contributed by atoms with Gasteiger partial charge in [0.05, 0.1) is 7.11 Å². The molecule has 1 aromatic heterocycles. The van der Waals surface area contributed by atoms with Crippen LogP contribution in [0.15, 0.2) is 30.5 Å². The van der Waals surface area contributed by atoms with E-state index in [4.69, 9.17) is 9.84 Å². The number of pyridine rings is 1. The summed E-state index contributed by atoms with van der Waals surface area (Å²) in [7, 11) is 1.65. The van der Waals surface area contributed by atoms with Crippen LogP contribution in [0.2, 0.25) is 0 Å². The molecule has 0 saturated heterocycles. The summed E-state index contributed by atoms with van der Waals surface area (Å²) < 4.78 is 5.23. The Bertz CT molecular complexity index is 528. The molecule has 0 aliphatic rings. The summed E-state index contributed by atoms with van der Waals surface area (Å²) in [5.74, 6) is 1.64. The maximum Gasteiger partial charge on any atom is 0.134 e. The molecule has 0 amide bonds. The fourth-order valence-electron chi connectivity index (χ4n) is 1.89. The van der Waals surface area contributed by atoms with Crippen molar-refractivity contribution in [2.24, 2.45) is 0 Å². The van der Waals surface area contributed by atoms with Gasteiger partial charge in [-0.3, -0.25) is 0 Å². The van der Waals surface area contributed by atoms with Crippen molar-refractivity contribution in [3.63, 3.8) is 0 Å². The molecule has 4 heteroatoms. The van der Waals surface area contributed by atoms with Crippen LogP contribution in [0.5, 0.6) is 5.75 Å². The van der Waals surface area contributed by atoms with Crippen LogP contribution in [-0.2, 0) is 0 Å². The number of benzene rings is 1. The Morgan fingerprint density at radius 1 is 1.39 bits per heavy atom. The Labute approximate surface area is 107 Å². The number of methoxy groups -OCH3 is 1. The Kier molecular flexibility index (Phi) is 3.99. The summed E-state index contributed by atoms with van der Waals surface area (Å²) >= 11 is 0. The molecule has 0 spiro atoms. The zero-order valence-corrected chi connectivity index (χ0v) is 10.7. The summed E-state index contributed by atoms with van der Waals surface area (Å²) in [6, 6.07) is 8.06. The van der Waals surface area contributed by atoms with Crippen LogP contribution in [0.3, 0.4) is 0 Å². The highest BCUT2D eigenvalue weighted by Gasteiger charge is 2.07. The van der Waals surface area contributed by atoms with Crippen molar-refractivity contribution in [2.75, 3.05) is 19.0 Å². The van der Waals surface area contributed by atoms with Crippen LogP contribution in [0.4, 0.5) is 5.82 Å². The molecular weight excluding hydrogens is 228 g/mol. The maximum atomic E-state index is 8.93. The van der Waals surface area contributed by atoms with Gasteiger partial charge >= 0.3 is 0 Å². The van der Waals surface area contributed by atoms with Crippen molar-refractivity contribution in [3.8, 4) is 5.75 Å². The minimum Gasteiger partial charge on any atom is -0.497 e. The van der Waals surface area contributed by atoms with E-state index >= 15 is 0 Å². The number of fused-ring (bicyclic) bond motifs is 1. The van der Waals surface area contributed by atoms with Gasteiger partial charge in [0.1, 0.15) is 11.6 Å². The van der Waals surface area contributed by atoms with E-state index in [1.165, 1.54) is 0 Å². The standard InChI is InChI=1S/C14H18N2O2/c1-10(6-8-17)16-14-13-9-12(18-2)4-3-11(13)5-7-15-14/h3-5,7,9-10,17H,6,8H2,1-2H3,(H,15,16). The van der Waals surface area contributed by atoms with Crippen LogP contribution >= 0.6 is 0 Å². The predicted octanol–water partition coefficient (Wildman–Crippen LogP) is 2.43. The average Bonchev–Trinajstić information content (AvgIpc) is 2.39. The molecule has 0 radical (unpaired) electrons. The molecule has 2 rings (SSSR count). The SMILES string of the molecule is COc1ccc2ccnc(NC(C)CCO)c2c1. The number of anilines is 1. The van der Waals surface area contributed by atoms with E-state index in [2.05, 4.69) is 10.3 Å². The van der Waals surface area contributed by atoms with Gasteiger partial charge in [-0.2, -0.15) is 0 Å². The summed E-state index contributed by atoms with van der Waals surface area (Å²) in [6.07, 6.45) is 2.48. The number of ether oxygens (including phenoxy) is 1. The molecule has 0 aliphatic heterocycles. The molecule has 0 bridgehead atoms. The Morgan fingerprint density at radius 3 is 2.94 bits per heavy atom. The molecule has 4 nitrogen and oxygen atoms in total. The monoisotopic (exact) mass is 246 g/mol. The van der Waals surface area contributed by atoms with Crippen molar-refractivity contribution in [3.05, 3.63) is 30.5 Å². The lowest BCUT2D eigenvalue weighted by Crippen LogP contribution is -2.17. The first-order valence-corrected chi connectivity index (χ1v) is 6.04. The molecule has 0 saturated carbocycles. The van der Waals surface area contributed by atoms with Crippen LogP contribution in [0.25, 0.3) is 10.8 Å². The fraction of sp³-hybridized carbons (Fsp3) is 0.357. The summed E-state index contributed by atoms with van der Waals surface area (Å²) in [5.41, 5.74) is 0. The van der Waals surface area contributed by atoms with E-state index in [1.807, 2.05) is 31.2 Å². The van der Waals surface area contributed by atoms with Crippen molar-refractivity contribution in [1.29, 1.82) is 0 Å². The van der Waals surface area contributed by atoms with Gasteiger partial charge in [0, 0.05) is 24.2 Å². The second-order valence-corrected chi connectivity index (χ2v) is 4.30. The minimum atomic E-state index is 0.169. The average molecular weight is 246 g/mol. The van der Waals surface area contributed by atoms with Crippen molar-refractivity contribution < 1.29 is 9.84 Å². The zero-order valence-electron chi connectivity index (χ0n) is 10.7. The van der Waals surface area contributed by atoms with Crippen molar-refractivity contribution in [2.45, 2.75) is 19.4 Å². The molecule has 0 aliphatic carbocycles. The Balaban J connectivity index is 2.36. The largest absolute Gasteiger partial charge is 0.497 e. The van der Waals surface area contributed by atoms with Crippen LogP contribution in [0.1, 0.15) is 13.3 Å². The Hall–Kier alpha value is -1.81. The molecule has 2 N–H and O–H groups in total. The lowest BCUT2D eigenvalue weighted by atomic mass is 10.1. The second kappa shape index (κ2) is 5.69. The quantitative estimate of drug-likeness (QED) is 0.850. The van der Waals surface area contributed by atoms with Gasteiger partial charge < -0.3 is 15.2 Å². The van der Waals surface area contributed by atoms with Crippen LogP contribution in [0, 0.1) is 0 Å². The smallest absolute Gasteiger partial charge is 0.134 e. The third kappa shape index (κ3) is 2.71. The third-order valence-corrected chi connectivity index (χ3v) is 2.92. The van der Waals surface area contributed by atoms with E-state index in [1.54, 1.807) is 13.3 Å². The number of hydrogen-bond acceptors (Lipinski definition) is 4. The lowest BCUT2D eigenvalue weighted by molar-refractivity contribution is 0.282. The van der Waals surface area contributed by atoms with E-state index in [0.717, 1.165) is 22.3 Å². The Morgan fingerprint density at radius 2 is 2.22 bits per heavy atom. The number of hydrogen-bond donors (Lipinski definition) is 2. The topological polar surface area (TPSA) is 54.4 Å². The van der Waals surface area contributed by atoms with Gasteiger partial charge in [0.2, 0.25) is 0 Å². The first-order chi connectivity index (χ1) is 8.74. The lowest BCUT2D eigenvalue weighted by Gasteiger charge is -2.15. The number of aliphatic hydroxyl groups excluding tert-OH is 1. The van der Waals surface area contributed by atoms with E-state index in [9.17, 15) is 0 Å². The van der Waals surface area contributed by atoms with Crippen molar-refractivity contribution >= 4 is 16.6 Å².